The molecule has 0 N–H and O–H groups in total. The van der Waals surface area contributed by atoms with Gasteiger partial charge >= 0.3 is 5.97 Å². The van der Waals surface area contributed by atoms with Gasteiger partial charge in [-0.05, 0) is 57.9 Å². The number of hydrogen-bond acceptors (Lipinski definition) is 7. The Kier molecular flexibility index (Phi) is 15.9. The normalized spacial score (nSPS) is 23.3. The van der Waals surface area contributed by atoms with Crippen molar-refractivity contribution in [1.82, 2.24) is 0 Å². The summed E-state index contributed by atoms with van der Waals surface area (Å²) >= 11 is 0. The first-order valence-corrected chi connectivity index (χ1v) is 15.5. The summed E-state index contributed by atoms with van der Waals surface area (Å²) in [5, 5.41) is 0. The molecule has 0 aliphatic carbocycles. The van der Waals surface area contributed by atoms with Gasteiger partial charge in [-0.25, -0.2) is 4.79 Å². The first kappa shape index (κ1) is 37.2. The van der Waals surface area contributed by atoms with Crippen LogP contribution in [-0.2, 0) is 35.1 Å². The Bertz CT molecular complexity index is 1160. The lowest BCUT2D eigenvalue weighted by Gasteiger charge is -2.49. The van der Waals surface area contributed by atoms with E-state index in [1.807, 2.05) is 50.3 Å². The van der Waals surface area contributed by atoms with Gasteiger partial charge in [-0.15, -0.1) is 0 Å². The van der Waals surface area contributed by atoms with E-state index in [-0.39, 0.29) is 42.0 Å². The van der Waals surface area contributed by atoms with E-state index >= 15 is 0 Å². The Labute approximate surface area is 265 Å². The zero-order valence-corrected chi connectivity index (χ0v) is 28.4. The van der Waals surface area contributed by atoms with Crippen LogP contribution < -0.4 is 4.74 Å². The van der Waals surface area contributed by atoms with Crippen molar-refractivity contribution in [2.24, 2.45) is 17.8 Å². The molecule has 244 valence electrons. The molecule has 1 aromatic carbocycles. The van der Waals surface area contributed by atoms with Gasteiger partial charge < -0.3 is 28.4 Å². The molecule has 7 nitrogen and oxygen atoms in total. The molecule has 0 bridgehead atoms. The molecular weight excluding hydrogens is 556 g/mol. The number of rotatable bonds is 16. The third kappa shape index (κ3) is 12.2. The third-order valence-corrected chi connectivity index (χ3v) is 7.78. The lowest BCUT2D eigenvalue weighted by atomic mass is 9.79. The molecule has 0 amide bonds. The van der Waals surface area contributed by atoms with Crippen molar-refractivity contribution < 1.29 is 33.2 Å². The van der Waals surface area contributed by atoms with E-state index in [4.69, 9.17) is 28.4 Å². The molecule has 7 heteroatoms. The molecule has 0 saturated carbocycles. The highest BCUT2D eigenvalue weighted by molar-refractivity contribution is 5.82. The van der Waals surface area contributed by atoms with Crippen LogP contribution in [0.1, 0.15) is 61.0 Å². The van der Waals surface area contributed by atoms with Crippen molar-refractivity contribution in [2.45, 2.75) is 86.1 Å². The average molecular weight is 611 g/mol. The number of benzene rings is 1. The molecule has 1 aliphatic rings. The van der Waals surface area contributed by atoms with Gasteiger partial charge in [0.05, 0.1) is 45.2 Å². The first-order chi connectivity index (χ1) is 20.9. The number of ether oxygens (including phenoxy) is 6. The average Bonchev–Trinajstić information content (AvgIpc) is 2.98. The fraction of sp³-hybridized carbons (Fsp3) is 0.541. The van der Waals surface area contributed by atoms with E-state index in [1.54, 1.807) is 33.3 Å². The minimum atomic E-state index is -0.740. The largest absolute Gasteiger partial charge is 0.497 e. The topological polar surface area (TPSA) is 72.5 Å². The maximum atomic E-state index is 11.4. The van der Waals surface area contributed by atoms with Crippen molar-refractivity contribution in [3.8, 4) is 5.75 Å². The molecule has 1 aromatic rings. The van der Waals surface area contributed by atoms with Gasteiger partial charge in [0.25, 0.3) is 0 Å². The molecule has 1 aliphatic heterocycles. The maximum Gasteiger partial charge on any atom is 0.330 e. The Morgan fingerprint density at radius 3 is 2.34 bits per heavy atom. The van der Waals surface area contributed by atoms with Crippen molar-refractivity contribution in [2.75, 3.05) is 27.4 Å². The van der Waals surface area contributed by atoms with Gasteiger partial charge in [-0.2, -0.15) is 0 Å². The van der Waals surface area contributed by atoms with Gasteiger partial charge in [-0.1, -0.05) is 81.0 Å². The quantitative estimate of drug-likeness (QED) is 0.0819. The second kappa shape index (κ2) is 18.7. The van der Waals surface area contributed by atoms with Gasteiger partial charge in [0, 0.05) is 30.9 Å². The molecule has 0 unspecified atom stereocenters. The molecule has 0 aromatic heterocycles. The monoisotopic (exact) mass is 610 g/mol. The van der Waals surface area contributed by atoms with Gasteiger partial charge in [0.15, 0.2) is 5.79 Å². The van der Waals surface area contributed by atoms with E-state index in [1.165, 1.54) is 6.08 Å². The summed E-state index contributed by atoms with van der Waals surface area (Å²) in [7, 11) is 3.42. The SMILES string of the molecule is CCOC(=O)/C=C/C=C/C=C/[C@H](C)[C@@H](OC)[C@@H](C)[C@H]1OC(C)(C)O[C@@H](/C(C)=C/C(C)=C/COCc2ccc(OC)cc2)[C@H]1C. The number of hydrogen-bond donors (Lipinski definition) is 0. The van der Waals surface area contributed by atoms with Crippen molar-refractivity contribution in [1.29, 1.82) is 0 Å². The van der Waals surface area contributed by atoms with Crippen molar-refractivity contribution >= 4 is 5.97 Å². The molecule has 1 fully saturated rings. The predicted octanol–water partition coefficient (Wildman–Crippen LogP) is 7.78. The highest BCUT2D eigenvalue weighted by Gasteiger charge is 2.45. The van der Waals surface area contributed by atoms with Crippen LogP contribution in [0.2, 0.25) is 0 Å². The molecule has 1 heterocycles. The summed E-state index contributed by atoms with van der Waals surface area (Å²) in [5.74, 6) is 0.0909. The van der Waals surface area contributed by atoms with Gasteiger partial charge in [0.2, 0.25) is 0 Å². The summed E-state index contributed by atoms with van der Waals surface area (Å²) in [6.07, 6.45) is 14.9. The summed E-state index contributed by atoms with van der Waals surface area (Å²) in [6.45, 7) is 17.9. The van der Waals surface area contributed by atoms with Crippen LogP contribution in [0, 0.1) is 17.8 Å². The molecule has 1 saturated heterocycles. The summed E-state index contributed by atoms with van der Waals surface area (Å²) in [5.41, 5.74) is 3.38. The molecular formula is C37H54O7. The second-order valence-electron chi connectivity index (χ2n) is 11.9. The molecule has 0 spiro atoms. The summed E-state index contributed by atoms with van der Waals surface area (Å²) in [4.78, 5) is 11.4. The fourth-order valence-electron chi connectivity index (χ4n) is 5.63. The zero-order valence-electron chi connectivity index (χ0n) is 28.4. The van der Waals surface area contributed by atoms with E-state index in [2.05, 4.69) is 52.8 Å². The van der Waals surface area contributed by atoms with E-state index in [0.717, 1.165) is 22.5 Å². The Morgan fingerprint density at radius 1 is 1.02 bits per heavy atom. The number of esters is 1. The third-order valence-electron chi connectivity index (χ3n) is 7.78. The molecule has 6 atom stereocenters. The minimum Gasteiger partial charge on any atom is -0.497 e. The Hall–Kier alpha value is -2.97. The van der Waals surface area contributed by atoms with Crippen LogP contribution in [0.3, 0.4) is 0 Å². The summed E-state index contributed by atoms with van der Waals surface area (Å²) < 4.78 is 35.0. The number of carbonyl (C=O) groups excluding carboxylic acids is 1. The highest BCUT2D eigenvalue weighted by Crippen LogP contribution is 2.39. The van der Waals surface area contributed by atoms with Crippen LogP contribution in [-0.4, -0.2) is 57.5 Å². The van der Waals surface area contributed by atoms with Crippen LogP contribution in [0.25, 0.3) is 0 Å². The second-order valence-corrected chi connectivity index (χ2v) is 11.9. The van der Waals surface area contributed by atoms with Crippen LogP contribution in [0.5, 0.6) is 5.75 Å². The van der Waals surface area contributed by atoms with Crippen LogP contribution in [0.4, 0.5) is 0 Å². The number of carbonyl (C=O) groups is 1. The van der Waals surface area contributed by atoms with E-state index in [9.17, 15) is 4.79 Å². The summed E-state index contributed by atoms with van der Waals surface area (Å²) in [6, 6.07) is 7.91. The molecule has 2 rings (SSSR count). The lowest BCUT2D eigenvalue weighted by molar-refractivity contribution is -0.324. The first-order valence-electron chi connectivity index (χ1n) is 15.5. The minimum absolute atomic E-state index is 0.0644. The number of allylic oxidation sites excluding steroid dienone is 6. The molecule has 0 radical (unpaired) electrons. The predicted molar refractivity (Wildman–Crippen MR) is 176 cm³/mol. The molecule has 44 heavy (non-hydrogen) atoms. The fourth-order valence-corrected chi connectivity index (χ4v) is 5.63. The van der Waals surface area contributed by atoms with Gasteiger partial charge in [0.1, 0.15) is 5.75 Å². The standard InChI is InChI=1S/C37H54O7/c1-11-42-33(38)17-15-13-12-14-16-27(3)34(40-10)29(5)36-30(6)35(43-37(7,8)44-36)28(4)24-26(2)22-23-41-25-31-18-20-32(39-9)21-19-31/h12-22,24,27,29-30,34-36H,11,23,25H2,1-10H3/b13-12+,16-14+,17-15+,26-22+,28-24+/t27-,29+,30+,34+,35-,36+/m0/s1. The smallest absolute Gasteiger partial charge is 0.330 e. The van der Waals surface area contributed by atoms with E-state index in [0.29, 0.717) is 19.8 Å². The van der Waals surface area contributed by atoms with E-state index < -0.39 is 5.79 Å². The number of methoxy groups -OCH3 is 2. The lowest BCUT2D eigenvalue weighted by Crippen LogP contribution is -2.54. The highest BCUT2D eigenvalue weighted by atomic mass is 16.7. The van der Waals surface area contributed by atoms with Crippen molar-refractivity contribution in [3.63, 3.8) is 0 Å². The van der Waals surface area contributed by atoms with Crippen LogP contribution in [0.15, 0.2) is 84.0 Å². The van der Waals surface area contributed by atoms with Crippen LogP contribution >= 0.6 is 0 Å². The zero-order chi connectivity index (χ0) is 32.7. The van der Waals surface area contributed by atoms with Gasteiger partial charge in [-0.3, -0.25) is 0 Å². The Morgan fingerprint density at radius 2 is 1.70 bits per heavy atom. The van der Waals surface area contributed by atoms with Crippen molar-refractivity contribution in [3.05, 3.63) is 89.6 Å². The maximum absolute atomic E-state index is 11.4. The Balaban J connectivity index is 2.04.